The molecule has 0 saturated carbocycles. The molecule has 0 aliphatic carbocycles. The molecule has 21 heavy (non-hydrogen) atoms. The maximum absolute atomic E-state index is 12.3. The zero-order valence-corrected chi connectivity index (χ0v) is 12.2. The summed E-state index contributed by atoms with van der Waals surface area (Å²) in [6, 6.07) is 9.66. The fourth-order valence-electron chi connectivity index (χ4n) is 2.50. The molecular formula is C16H21NO4. The summed E-state index contributed by atoms with van der Waals surface area (Å²) in [6.45, 7) is 2.99. The minimum absolute atomic E-state index is 0.128. The number of carbonyl (C=O) groups excluding carboxylic acids is 1. The Hall–Kier alpha value is -1.88. The lowest BCUT2D eigenvalue weighted by Gasteiger charge is -2.32. The number of carboxylic acid groups (broad SMARTS) is 1. The van der Waals surface area contributed by atoms with Crippen LogP contribution in [-0.4, -0.2) is 41.1 Å². The summed E-state index contributed by atoms with van der Waals surface area (Å²) < 4.78 is 5.60. The highest BCUT2D eigenvalue weighted by atomic mass is 16.5. The number of carboxylic acids is 1. The van der Waals surface area contributed by atoms with Crippen molar-refractivity contribution in [1.82, 2.24) is 4.90 Å². The standard InChI is InChI=1S/C16H21NO4/c1-12(21-11-13-6-3-2-4-7-13)15(18)17-9-5-8-14(10-17)16(19)20/h2-4,6-7,12,14H,5,8-11H2,1H3,(H,19,20). The Bertz CT molecular complexity index is 488. The molecule has 2 unspecified atom stereocenters. The van der Waals surface area contributed by atoms with E-state index in [-0.39, 0.29) is 12.5 Å². The highest BCUT2D eigenvalue weighted by Gasteiger charge is 2.30. The van der Waals surface area contributed by atoms with E-state index >= 15 is 0 Å². The van der Waals surface area contributed by atoms with E-state index in [1.807, 2.05) is 30.3 Å². The second-order valence-electron chi connectivity index (χ2n) is 5.40. The van der Waals surface area contributed by atoms with Crippen molar-refractivity contribution in [2.24, 2.45) is 5.92 Å². The fraction of sp³-hybridized carbons (Fsp3) is 0.500. The summed E-state index contributed by atoms with van der Waals surface area (Å²) >= 11 is 0. The summed E-state index contributed by atoms with van der Waals surface area (Å²) in [5.74, 6) is -1.41. The van der Waals surface area contributed by atoms with Crippen LogP contribution in [0.15, 0.2) is 30.3 Å². The molecule has 0 bridgehead atoms. The van der Waals surface area contributed by atoms with Gasteiger partial charge in [-0.3, -0.25) is 9.59 Å². The van der Waals surface area contributed by atoms with Crippen molar-refractivity contribution in [3.8, 4) is 0 Å². The van der Waals surface area contributed by atoms with Crippen molar-refractivity contribution < 1.29 is 19.4 Å². The summed E-state index contributed by atoms with van der Waals surface area (Å²) in [5.41, 5.74) is 1.01. The first kappa shape index (κ1) is 15.5. The number of hydrogen-bond acceptors (Lipinski definition) is 3. The number of rotatable bonds is 5. The van der Waals surface area contributed by atoms with Gasteiger partial charge >= 0.3 is 5.97 Å². The van der Waals surface area contributed by atoms with Crippen LogP contribution < -0.4 is 0 Å². The van der Waals surface area contributed by atoms with Gasteiger partial charge in [0.1, 0.15) is 6.10 Å². The number of carbonyl (C=O) groups is 2. The number of nitrogens with zero attached hydrogens (tertiary/aromatic N) is 1. The Kier molecular flexibility index (Phi) is 5.33. The quantitative estimate of drug-likeness (QED) is 0.900. The van der Waals surface area contributed by atoms with E-state index in [0.717, 1.165) is 12.0 Å². The third-order valence-electron chi connectivity index (χ3n) is 3.77. The topological polar surface area (TPSA) is 66.8 Å². The minimum Gasteiger partial charge on any atom is -0.481 e. The molecule has 1 aliphatic rings. The monoisotopic (exact) mass is 291 g/mol. The summed E-state index contributed by atoms with van der Waals surface area (Å²) in [6.07, 6.45) is 0.810. The van der Waals surface area contributed by atoms with Gasteiger partial charge in [-0.2, -0.15) is 0 Å². The number of hydrogen-bond donors (Lipinski definition) is 1. The molecule has 1 fully saturated rings. The Labute approximate surface area is 124 Å². The van der Waals surface area contributed by atoms with Crippen LogP contribution in [0.25, 0.3) is 0 Å². The molecule has 1 N–H and O–H groups in total. The molecule has 2 atom stereocenters. The van der Waals surface area contributed by atoms with E-state index in [1.165, 1.54) is 0 Å². The van der Waals surface area contributed by atoms with Gasteiger partial charge in [0.2, 0.25) is 0 Å². The normalized spacial score (nSPS) is 20.0. The predicted octanol–water partition coefficient (Wildman–Crippen LogP) is 1.91. The molecule has 1 aliphatic heterocycles. The molecule has 114 valence electrons. The molecule has 1 aromatic rings. The Balaban J connectivity index is 1.85. The van der Waals surface area contributed by atoms with Crippen LogP contribution in [0.1, 0.15) is 25.3 Å². The van der Waals surface area contributed by atoms with Crippen LogP contribution in [0.4, 0.5) is 0 Å². The smallest absolute Gasteiger partial charge is 0.308 e. The molecule has 1 amide bonds. The highest BCUT2D eigenvalue weighted by Crippen LogP contribution is 2.18. The van der Waals surface area contributed by atoms with Gasteiger partial charge < -0.3 is 14.7 Å². The van der Waals surface area contributed by atoms with Crippen LogP contribution in [0.2, 0.25) is 0 Å². The second-order valence-corrected chi connectivity index (χ2v) is 5.40. The van der Waals surface area contributed by atoms with Crippen molar-refractivity contribution in [3.05, 3.63) is 35.9 Å². The van der Waals surface area contributed by atoms with Crippen LogP contribution >= 0.6 is 0 Å². The van der Waals surface area contributed by atoms with E-state index in [2.05, 4.69) is 0 Å². The SMILES string of the molecule is CC(OCc1ccccc1)C(=O)N1CCCC(C(=O)O)C1. The van der Waals surface area contributed by atoms with Gasteiger partial charge in [0, 0.05) is 13.1 Å². The molecule has 2 rings (SSSR count). The Morgan fingerprint density at radius 1 is 1.38 bits per heavy atom. The number of aliphatic carboxylic acids is 1. The lowest BCUT2D eigenvalue weighted by atomic mass is 9.98. The molecule has 5 heteroatoms. The van der Waals surface area contributed by atoms with Gasteiger partial charge in [0.15, 0.2) is 0 Å². The first-order valence-corrected chi connectivity index (χ1v) is 7.25. The van der Waals surface area contributed by atoms with E-state index < -0.39 is 18.0 Å². The van der Waals surface area contributed by atoms with Crippen LogP contribution in [-0.2, 0) is 20.9 Å². The van der Waals surface area contributed by atoms with Crippen molar-refractivity contribution in [2.75, 3.05) is 13.1 Å². The molecule has 1 heterocycles. The van der Waals surface area contributed by atoms with Crippen molar-refractivity contribution in [1.29, 1.82) is 0 Å². The second kappa shape index (κ2) is 7.22. The van der Waals surface area contributed by atoms with Crippen molar-refractivity contribution >= 4 is 11.9 Å². The number of likely N-dealkylation sites (tertiary alicyclic amines) is 1. The lowest BCUT2D eigenvalue weighted by Crippen LogP contribution is -2.46. The van der Waals surface area contributed by atoms with E-state index in [1.54, 1.807) is 11.8 Å². The van der Waals surface area contributed by atoms with E-state index in [0.29, 0.717) is 19.6 Å². The zero-order chi connectivity index (χ0) is 15.2. The summed E-state index contributed by atoms with van der Waals surface area (Å²) in [4.78, 5) is 24.9. The van der Waals surface area contributed by atoms with E-state index in [9.17, 15) is 9.59 Å². The Morgan fingerprint density at radius 3 is 2.76 bits per heavy atom. The first-order valence-electron chi connectivity index (χ1n) is 7.25. The maximum Gasteiger partial charge on any atom is 0.308 e. The average molecular weight is 291 g/mol. The maximum atomic E-state index is 12.3. The molecule has 5 nitrogen and oxygen atoms in total. The van der Waals surface area contributed by atoms with Gasteiger partial charge in [0.05, 0.1) is 12.5 Å². The Morgan fingerprint density at radius 2 is 2.10 bits per heavy atom. The number of ether oxygens (including phenoxy) is 1. The first-order chi connectivity index (χ1) is 10.1. The molecule has 1 saturated heterocycles. The predicted molar refractivity (Wildman–Crippen MR) is 77.6 cm³/mol. The van der Waals surface area contributed by atoms with Crippen LogP contribution in [0.3, 0.4) is 0 Å². The average Bonchev–Trinajstić information content (AvgIpc) is 2.53. The highest BCUT2D eigenvalue weighted by molar-refractivity contribution is 5.81. The molecular weight excluding hydrogens is 270 g/mol. The zero-order valence-electron chi connectivity index (χ0n) is 12.2. The third-order valence-corrected chi connectivity index (χ3v) is 3.77. The molecule has 0 radical (unpaired) electrons. The summed E-state index contributed by atoms with van der Waals surface area (Å²) in [7, 11) is 0. The number of piperidine rings is 1. The van der Waals surface area contributed by atoms with Gasteiger partial charge in [-0.1, -0.05) is 30.3 Å². The number of amides is 1. The minimum atomic E-state index is -0.828. The van der Waals surface area contributed by atoms with Crippen LogP contribution in [0.5, 0.6) is 0 Å². The van der Waals surface area contributed by atoms with Gasteiger partial charge in [0.25, 0.3) is 5.91 Å². The molecule has 1 aromatic carbocycles. The largest absolute Gasteiger partial charge is 0.481 e. The third kappa shape index (κ3) is 4.29. The van der Waals surface area contributed by atoms with E-state index in [4.69, 9.17) is 9.84 Å². The number of benzene rings is 1. The van der Waals surface area contributed by atoms with Gasteiger partial charge in [-0.25, -0.2) is 0 Å². The lowest BCUT2D eigenvalue weighted by molar-refractivity contribution is -0.150. The van der Waals surface area contributed by atoms with Crippen molar-refractivity contribution in [3.63, 3.8) is 0 Å². The fourth-order valence-corrected chi connectivity index (χ4v) is 2.50. The molecule has 0 aromatic heterocycles. The van der Waals surface area contributed by atoms with Crippen LogP contribution in [0, 0.1) is 5.92 Å². The molecule has 0 spiro atoms. The van der Waals surface area contributed by atoms with Gasteiger partial charge in [-0.05, 0) is 25.3 Å². The van der Waals surface area contributed by atoms with Crippen molar-refractivity contribution in [2.45, 2.75) is 32.5 Å². The summed E-state index contributed by atoms with van der Waals surface area (Å²) in [5, 5.41) is 9.06. The van der Waals surface area contributed by atoms with Gasteiger partial charge in [-0.15, -0.1) is 0 Å².